The second-order valence-corrected chi connectivity index (χ2v) is 4.32. The van der Waals surface area contributed by atoms with Crippen LogP contribution in [0.2, 0.25) is 0 Å². The predicted octanol–water partition coefficient (Wildman–Crippen LogP) is 2.85. The van der Waals surface area contributed by atoms with Gasteiger partial charge < -0.3 is 9.67 Å². The molecule has 0 saturated carbocycles. The summed E-state index contributed by atoms with van der Waals surface area (Å²) in [5.41, 5.74) is -0.599. The molecule has 0 atom stereocenters. The molecule has 1 aromatic carbocycles. The van der Waals surface area contributed by atoms with Crippen LogP contribution >= 0.6 is 0 Å². The quantitative estimate of drug-likeness (QED) is 0.917. The van der Waals surface area contributed by atoms with E-state index in [4.69, 9.17) is 5.26 Å². The Hall–Kier alpha value is -2.68. The van der Waals surface area contributed by atoms with Crippen molar-refractivity contribution in [3.8, 4) is 17.2 Å². The number of benzene rings is 1. The van der Waals surface area contributed by atoms with Crippen molar-refractivity contribution >= 4 is 5.97 Å². The number of aryl methyl sites for hydroxylation is 1. The van der Waals surface area contributed by atoms with Crippen LogP contribution in [0.15, 0.2) is 18.3 Å². The molecule has 102 valence electrons. The molecule has 0 aliphatic carbocycles. The number of carboxylic acids is 1. The predicted molar refractivity (Wildman–Crippen MR) is 67.2 cm³/mol. The van der Waals surface area contributed by atoms with Crippen LogP contribution in [-0.2, 0) is 7.05 Å². The van der Waals surface area contributed by atoms with Crippen LogP contribution in [0, 0.1) is 29.9 Å². The highest BCUT2D eigenvalue weighted by molar-refractivity contribution is 5.98. The molecular formula is C14H10F2N2O2. The lowest BCUT2D eigenvalue weighted by Crippen LogP contribution is -2.01. The molecule has 1 N–H and O–H groups in total. The average molecular weight is 276 g/mol. The molecule has 20 heavy (non-hydrogen) atoms. The van der Waals surface area contributed by atoms with Gasteiger partial charge in [0, 0.05) is 24.4 Å². The number of hydrogen-bond donors (Lipinski definition) is 1. The van der Waals surface area contributed by atoms with E-state index in [-0.39, 0.29) is 27.9 Å². The Kier molecular flexibility index (Phi) is 3.28. The van der Waals surface area contributed by atoms with E-state index in [1.807, 2.05) is 6.07 Å². The first-order valence-electron chi connectivity index (χ1n) is 5.66. The number of aromatic nitrogens is 1. The number of carboxylic acid groups (broad SMARTS) is 1. The first-order valence-corrected chi connectivity index (χ1v) is 5.66. The molecule has 0 aliphatic heterocycles. The Morgan fingerprint density at radius 3 is 2.45 bits per heavy atom. The van der Waals surface area contributed by atoms with Gasteiger partial charge in [0.05, 0.1) is 5.56 Å². The highest BCUT2D eigenvalue weighted by atomic mass is 19.1. The Morgan fingerprint density at radius 2 is 1.90 bits per heavy atom. The molecule has 6 heteroatoms. The van der Waals surface area contributed by atoms with Gasteiger partial charge in [0.2, 0.25) is 0 Å². The van der Waals surface area contributed by atoms with Crippen LogP contribution in [0.1, 0.15) is 21.6 Å². The fourth-order valence-corrected chi connectivity index (χ4v) is 2.14. The number of nitriles is 1. The minimum absolute atomic E-state index is 0.0322. The van der Waals surface area contributed by atoms with Crippen LogP contribution in [0.3, 0.4) is 0 Å². The van der Waals surface area contributed by atoms with Gasteiger partial charge in [-0.1, -0.05) is 0 Å². The smallest absolute Gasteiger partial charge is 0.337 e. The van der Waals surface area contributed by atoms with Crippen LogP contribution in [0.4, 0.5) is 8.78 Å². The molecule has 0 spiro atoms. The van der Waals surface area contributed by atoms with Gasteiger partial charge in [-0.15, -0.1) is 0 Å². The second kappa shape index (κ2) is 4.78. The van der Waals surface area contributed by atoms with Crippen molar-refractivity contribution in [1.82, 2.24) is 4.57 Å². The van der Waals surface area contributed by atoms with Crippen molar-refractivity contribution in [3.63, 3.8) is 0 Å². The number of nitrogens with zero attached hydrogens (tertiary/aromatic N) is 2. The average Bonchev–Trinajstić information content (AvgIpc) is 2.71. The van der Waals surface area contributed by atoms with Gasteiger partial charge in [0.15, 0.2) is 0 Å². The summed E-state index contributed by atoms with van der Waals surface area (Å²) in [6.45, 7) is 1.34. The van der Waals surface area contributed by atoms with Crippen LogP contribution in [-0.4, -0.2) is 15.6 Å². The summed E-state index contributed by atoms with van der Waals surface area (Å²) < 4.78 is 28.9. The molecule has 0 aliphatic rings. The largest absolute Gasteiger partial charge is 0.478 e. The Bertz CT molecular complexity index is 758. The number of carbonyl (C=O) groups is 1. The molecule has 2 aromatic rings. The third-order valence-electron chi connectivity index (χ3n) is 3.12. The zero-order valence-electron chi connectivity index (χ0n) is 10.7. The summed E-state index contributed by atoms with van der Waals surface area (Å²) in [6.07, 6.45) is 1.21. The van der Waals surface area contributed by atoms with E-state index >= 15 is 0 Å². The zero-order chi connectivity index (χ0) is 15.0. The molecule has 4 nitrogen and oxygen atoms in total. The molecular weight excluding hydrogens is 266 g/mol. The fourth-order valence-electron chi connectivity index (χ4n) is 2.14. The van der Waals surface area contributed by atoms with Gasteiger partial charge in [-0.3, -0.25) is 0 Å². The molecule has 0 saturated heterocycles. The normalized spacial score (nSPS) is 10.3. The topological polar surface area (TPSA) is 66.0 Å². The van der Waals surface area contributed by atoms with Crippen LogP contribution < -0.4 is 0 Å². The third-order valence-corrected chi connectivity index (χ3v) is 3.12. The van der Waals surface area contributed by atoms with Crippen LogP contribution in [0.5, 0.6) is 0 Å². The number of aromatic carboxylic acids is 1. The van der Waals surface area contributed by atoms with Crippen molar-refractivity contribution < 1.29 is 18.7 Å². The standard InChI is InChI=1S/C14H10F2N2O2/c1-7-9(15)3-4-10(16)12(7)13-8(14(19)20)6-18(2)11(13)5-17/h3-4,6H,1-2H3,(H,19,20). The summed E-state index contributed by atoms with van der Waals surface area (Å²) in [7, 11) is 1.47. The van der Waals surface area contributed by atoms with E-state index in [2.05, 4.69) is 0 Å². The summed E-state index contributed by atoms with van der Waals surface area (Å²) in [6, 6.07) is 3.70. The summed E-state index contributed by atoms with van der Waals surface area (Å²) in [5.74, 6) is -2.74. The molecule has 0 bridgehead atoms. The van der Waals surface area contributed by atoms with Crippen molar-refractivity contribution in [2.75, 3.05) is 0 Å². The van der Waals surface area contributed by atoms with Crippen molar-refractivity contribution in [1.29, 1.82) is 5.26 Å². The van der Waals surface area contributed by atoms with Crippen LogP contribution in [0.25, 0.3) is 11.1 Å². The fraction of sp³-hybridized carbons (Fsp3) is 0.143. The lowest BCUT2D eigenvalue weighted by molar-refractivity contribution is 0.0697. The summed E-state index contributed by atoms with van der Waals surface area (Å²) in [5, 5.41) is 18.3. The molecule has 0 amide bonds. The monoisotopic (exact) mass is 276 g/mol. The zero-order valence-corrected chi connectivity index (χ0v) is 10.7. The maximum absolute atomic E-state index is 14.0. The highest BCUT2D eigenvalue weighted by Gasteiger charge is 2.25. The van der Waals surface area contributed by atoms with Gasteiger partial charge in [0.1, 0.15) is 23.4 Å². The molecule has 1 heterocycles. The van der Waals surface area contributed by atoms with Crippen molar-refractivity contribution in [2.24, 2.45) is 7.05 Å². The van der Waals surface area contributed by atoms with E-state index < -0.39 is 17.6 Å². The summed E-state index contributed by atoms with van der Waals surface area (Å²) in [4.78, 5) is 11.2. The number of rotatable bonds is 2. The summed E-state index contributed by atoms with van der Waals surface area (Å²) >= 11 is 0. The minimum atomic E-state index is -1.31. The van der Waals surface area contributed by atoms with Gasteiger partial charge in [0.25, 0.3) is 0 Å². The number of halogens is 2. The number of hydrogen-bond acceptors (Lipinski definition) is 2. The first-order chi connectivity index (χ1) is 9.38. The Morgan fingerprint density at radius 1 is 1.30 bits per heavy atom. The molecule has 0 unspecified atom stereocenters. The van der Waals surface area contributed by atoms with E-state index in [9.17, 15) is 18.7 Å². The lowest BCUT2D eigenvalue weighted by atomic mass is 9.96. The SMILES string of the molecule is Cc1c(F)ccc(F)c1-c1c(C(=O)O)cn(C)c1C#N. The molecule has 2 rings (SSSR count). The van der Waals surface area contributed by atoms with Gasteiger partial charge in [-0.05, 0) is 24.6 Å². The van der Waals surface area contributed by atoms with Crippen molar-refractivity contribution in [2.45, 2.75) is 6.92 Å². The first kappa shape index (κ1) is 13.7. The van der Waals surface area contributed by atoms with Gasteiger partial charge in [-0.2, -0.15) is 5.26 Å². The Balaban J connectivity index is 2.93. The maximum atomic E-state index is 14.0. The third kappa shape index (κ3) is 1.93. The maximum Gasteiger partial charge on any atom is 0.337 e. The van der Waals surface area contributed by atoms with E-state index in [1.54, 1.807) is 0 Å². The molecule has 0 radical (unpaired) electrons. The second-order valence-electron chi connectivity index (χ2n) is 4.32. The molecule has 1 aromatic heterocycles. The molecule has 0 fully saturated rings. The van der Waals surface area contributed by atoms with Gasteiger partial charge >= 0.3 is 5.97 Å². The minimum Gasteiger partial charge on any atom is -0.478 e. The lowest BCUT2D eigenvalue weighted by Gasteiger charge is -2.09. The highest BCUT2D eigenvalue weighted by Crippen LogP contribution is 2.34. The van der Waals surface area contributed by atoms with E-state index in [0.717, 1.165) is 12.1 Å². The van der Waals surface area contributed by atoms with E-state index in [0.29, 0.717) is 0 Å². The Labute approximate surface area is 113 Å². The van der Waals surface area contributed by atoms with Crippen molar-refractivity contribution in [3.05, 3.63) is 46.8 Å². The van der Waals surface area contributed by atoms with E-state index in [1.165, 1.54) is 24.7 Å². The van der Waals surface area contributed by atoms with Gasteiger partial charge in [-0.25, -0.2) is 13.6 Å².